The van der Waals surface area contributed by atoms with Crippen LogP contribution in [-0.4, -0.2) is 31.6 Å². The van der Waals surface area contributed by atoms with E-state index >= 15 is 0 Å². The second-order valence-electron chi connectivity index (χ2n) is 4.88. The molecule has 0 radical (unpaired) electrons. The maximum atomic E-state index is 12.6. The van der Waals surface area contributed by atoms with Crippen LogP contribution in [-0.2, 0) is 0 Å². The summed E-state index contributed by atoms with van der Waals surface area (Å²) in [5.41, 5.74) is -4.43. The van der Waals surface area contributed by atoms with Crippen molar-refractivity contribution in [2.24, 2.45) is 0 Å². The van der Waals surface area contributed by atoms with Gasteiger partial charge >= 0.3 is 0 Å². The number of nitro benzene ring substituents is 2. The Hall–Kier alpha value is -3.82. The minimum absolute atomic E-state index is 0.629. The van der Waals surface area contributed by atoms with Crippen LogP contribution < -0.4 is 0 Å². The molecular formula is C14H6N2O8. The van der Waals surface area contributed by atoms with Crippen LogP contribution in [0.4, 0.5) is 11.4 Å². The highest BCUT2D eigenvalue weighted by atomic mass is 16.6. The van der Waals surface area contributed by atoms with Crippen molar-refractivity contribution >= 4 is 22.9 Å². The van der Waals surface area contributed by atoms with E-state index in [0.29, 0.717) is 0 Å². The number of hydrogen-bond acceptors (Lipinski definition) is 8. The van der Waals surface area contributed by atoms with Crippen LogP contribution in [0, 0.1) is 20.2 Å². The first-order valence-corrected chi connectivity index (χ1v) is 6.35. The number of rotatable bonds is 2. The van der Waals surface area contributed by atoms with Crippen LogP contribution in [0.1, 0.15) is 31.8 Å². The number of phenolic OH excluding ortho intramolecular Hbond substituents is 2. The number of phenols is 2. The van der Waals surface area contributed by atoms with Crippen molar-refractivity contribution in [2.45, 2.75) is 0 Å². The van der Waals surface area contributed by atoms with Crippen molar-refractivity contribution in [2.75, 3.05) is 0 Å². The Balaban J connectivity index is 2.50. The molecule has 0 aromatic heterocycles. The van der Waals surface area contributed by atoms with Gasteiger partial charge in [0.2, 0.25) is 11.6 Å². The lowest BCUT2D eigenvalue weighted by atomic mass is 9.81. The minimum atomic E-state index is -1.15. The van der Waals surface area contributed by atoms with Gasteiger partial charge < -0.3 is 10.2 Å². The Morgan fingerprint density at radius 2 is 1.00 bits per heavy atom. The highest BCUT2D eigenvalue weighted by Crippen LogP contribution is 2.43. The van der Waals surface area contributed by atoms with E-state index in [1.165, 1.54) is 0 Å². The van der Waals surface area contributed by atoms with Crippen molar-refractivity contribution in [3.63, 3.8) is 0 Å². The van der Waals surface area contributed by atoms with Gasteiger partial charge in [0.25, 0.3) is 11.4 Å². The van der Waals surface area contributed by atoms with Gasteiger partial charge in [0.15, 0.2) is 0 Å². The van der Waals surface area contributed by atoms with Gasteiger partial charge in [0.1, 0.15) is 22.6 Å². The van der Waals surface area contributed by atoms with Crippen LogP contribution >= 0.6 is 0 Å². The fraction of sp³-hybridized carbons (Fsp3) is 0. The topological polar surface area (TPSA) is 161 Å². The van der Waals surface area contributed by atoms with E-state index in [0.717, 1.165) is 24.3 Å². The van der Waals surface area contributed by atoms with E-state index in [2.05, 4.69) is 0 Å². The molecule has 0 spiro atoms. The molecule has 120 valence electrons. The van der Waals surface area contributed by atoms with Crippen LogP contribution in [0.2, 0.25) is 0 Å². The standard InChI is InChI=1S/C14H6N2O8/c17-7-3-4-8(18)12-11(7)13(19)9-5(15(21)22)1-2-6(16(23)24)10(9)14(12)20/h1-4,17-18H. The quantitative estimate of drug-likeness (QED) is 0.407. The molecule has 10 nitrogen and oxygen atoms in total. The Labute approximate surface area is 131 Å². The molecular weight excluding hydrogens is 324 g/mol. The first-order valence-electron chi connectivity index (χ1n) is 6.35. The van der Waals surface area contributed by atoms with Crippen molar-refractivity contribution in [3.05, 3.63) is 66.7 Å². The van der Waals surface area contributed by atoms with Gasteiger partial charge in [-0.15, -0.1) is 0 Å². The van der Waals surface area contributed by atoms with E-state index in [-0.39, 0.29) is 0 Å². The Morgan fingerprint density at radius 3 is 1.29 bits per heavy atom. The number of fused-ring (bicyclic) bond motifs is 2. The number of carbonyl (C=O) groups is 2. The SMILES string of the molecule is O=C1c2c(O)ccc(O)c2C(=O)c2c([N+](=O)[O-])ccc([N+](=O)[O-])c21. The van der Waals surface area contributed by atoms with Crippen molar-refractivity contribution in [1.29, 1.82) is 0 Å². The number of aromatic hydroxyl groups is 2. The number of carbonyl (C=O) groups excluding carboxylic acids is 2. The molecule has 1 aliphatic carbocycles. The van der Waals surface area contributed by atoms with Crippen LogP contribution in [0.15, 0.2) is 24.3 Å². The molecule has 0 saturated carbocycles. The van der Waals surface area contributed by atoms with Crippen molar-refractivity contribution in [1.82, 2.24) is 0 Å². The van der Waals surface area contributed by atoms with E-state index in [9.17, 15) is 40.0 Å². The Morgan fingerprint density at radius 1 is 0.667 bits per heavy atom. The van der Waals surface area contributed by atoms with E-state index in [1.54, 1.807) is 0 Å². The Bertz CT molecular complexity index is 901. The van der Waals surface area contributed by atoms with Gasteiger partial charge in [-0.25, -0.2) is 0 Å². The van der Waals surface area contributed by atoms with Gasteiger partial charge in [-0.05, 0) is 12.1 Å². The molecule has 0 fully saturated rings. The number of nitro groups is 2. The summed E-state index contributed by atoms with van der Waals surface area (Å²) in [6.45, 7) is 0. The third-order valence-electron chi connectivity index (χ3n) is 3.62. The molecule has 10 heteroatoms. The maximum absolute atomic E-state index is 12.6. The fourth-order valence-corrected chi connectivity index (χ4v) is 2.64. The lowest BCUT2D eigenvalue weighted by Gasteiger charge is -2.18. The second kappa shape index (κ2) is 4.84. The zero-order chi connectivity index (χ0) is 17.8. The number of benzene rings is 2. The monoisotopic (exact) mass is 330 g/mol. The molecule has 2 aromatic carbocycles. The molecule has 2 aromatic rings. The molecule has 3 rings (SSSR count). The summed E-state index contributed by atoms with van der Waals surface area (Å²) >= 11 is 0. The average Bonchev–Trinajstić information content (AvgIpc) is 2.53. The molecule has 1 aliphatic rings. The Kier molecular flexibility index (Phi) is 3.04. The van der Waals surface area contributed by atoms with Gasteiger partial charge in [-0.2, -0.15) is 0 Å². The molecule has 0 bridgehead atoms. The summed E-state index contributed by atoms with van der Waals surface area (Å²) in [6.07, 6.45) is 0. The van der Waals surface area contributed by atoms with Gasteiger partial charge in [-0.1, -0.05) is 0 Å². The van der Waals surface area contributed by atoms with Gasteiger partial charge in [0.05, 0.1) is 21.0 Å². The van der Waals surface area contributed by atoms with Crippen LogP contribution in [0.5, 0.6) is 11.5 Å². The van der Waals surface area contributed by atoms with Gasteiger partial charge in [0, 0.05) is 12.1 Å². The summed E-state index contributed by atoms with van der Waals surface area (Å²) in [4.78, 5) is 45.5. The van der Waals surface area contributed by atoms with Crippen molar-refractivity contribution < 1.29 is 29.6 Å². The summed E-state index contributed by atoms with van der Waals surface area (Å²) in [5, 5.41) is 41.9. The normalized spacial score (nSPS) is 12.5. The molecule has 0 unspecified atom stereocenters. The van der Waals surface area contributed by atoms with E-state index in [4.69, 9.17) is 0 Å². The summed E-state index contributed by atoms with van der Waals surface area (Å²) < 4.78 is 0. The molecule has 0 atom stereocenters. The third kappa shape index (κ3) is 1.83. The van der Waals surface area contributed by atoms with E-state index in [1.807, 2.05) is 0 Å². The number of nitrogens with zero attached hydrogens (tertiary/aromatic N) is 2. The molecule has 0 amide bonds. The highest BCUT2D eigenvalue weighted by Gasteiger charge is 2.43. The van der Waals surface area contributed by atoms with E-state index < -0.39 is 66.5 Å². The third-order valence-corrected chi connectivity index (χ3v) is 3.62. The van der Waals surface area contributed by atoms with Gasteiger partial charge in [-0.3, -0.25) is 29.8 Å². The fourth-order valence-electron chi connectivity index (χ4n) is 2.64. The predicted octanol–water partition coefficient (Wildman–Crippen LogP) is 1.69. The summed E-state index contributed by atoms with van der Waals surface area (Å²) in [7, 11) is 0. The largest absolute Gasteiger partial charge is 0.507 e. The minimum Gasteiger partial charge on any atom is -0.507 e. The first kappa shape index (κ1) is 15.1. The summed E-state index contributed by atoms with van der Waals surface area (Å²) in [5.74, 6) is -3.65. The predicted molar refractivity (Wildman–Crippen MR) is 76.4 cm³/mol. The van der Waals surface area contributed by atoms with Crippen LogP contribution in [0.25, 0.3) is 0 Å². The molecule has 0 aliphatic heterocycles. The lowest BCUT2D eigenvalue weighted by Crippen LogP contribution is -2.23. The maximum Gasteiger partial charge on any atom is 0.281 e. The van der Waals surface area contributed by atoms with Crippen LogP contribution in [0.3, 0.4) is 0 Å². The zero-order valence-corrected chi connectivity index (χ0v) is 11.5. The molecule has 24 heavy (non-hydrogen) atoms. The van der Waals surface area contributed by atoms with Crippen molar-refractivity contribution in [3.8, 4) is 11.5 Å². The molecule has 0 heterocycles. The lowest BCUT2D eigenvalue weighted by molar-refractivity contribution is -0.389. The molecule has 2 N–H and O–H groups in total. The smallest absolute Gasteiger partial charge is 0.281 e. The average molecular weight is 330 g/mol. The zero-order valence-electron chi connectivity index (χ0n) is 11.5. The highest BCUT2D eigenvalue weighted by molar-refractivity contribution is 6.32. The summed E-state index contributed by atoms with van der Waals surface area (Å²) in [6, 6.07) is 3.36. The molecule has 0 saturated heterocycles. The first-order chi connectivity index (χ1) is 11.3. The number of hydrogen-bond donors (Lipinski definition) is 2. The number of ketones is 2. The second-order valence-corrected chi connectivity index (χ2v) is 4.88.